The Bertz CT molecular complexity index is 700. The molecule has 0 spiro atoms. The predicted octanol–water partition coefficient (Wildman–Crippen LogP) is 4.73. The van der Waals surface area contributed by atoms with Gasteiger partial charge in [0.2, 0.25) is 0 Å². The number of ether oxygens (including phenoxy) is 1. The Morgan fingerprint density at radius 1 is 1.28 bits per heavy atom. The standard InChI is InChI=1S/C19H24BrN3O2/c1-19(2,3)14-7-8-17(16(20)12-14)25-11-5-10-22-18(24)23-15-6-4-9-21-13-15/h4,6-9,12-13H,5,10-11H2,1-3H3,(H2,22,23,24). The first-order valence-electron chi connectivity index (χ1n) is 8.24. The molecule has 6 heteroatoms. The number of nitrogens with zero attached hydrogens (tertiary/aromatic N) is 1. The summed E-state index contributed by atoms with van der Waals surface area (Å²) >= 11 is 3.56. The van der Waals surface area contributed by atoms with E-state index >= 15 is 0 Å². The molecular weight excluding hydrogens is 382 g/mol. The number of carbonyl (C=O) groups excluding carboxylic acids is 1. The molecule has 1 heterocycles. The number of benzene rings is 1. The van der Waals surface area contributed by atoms with E-state index in [4.69, 9.17) is 4.74 Å². The zero-order valence-corrected chi connectivity index (χ0v) is 16.4. The number of halogens is 1. The third-order valence-electron chi connectivity index (χ3n) is 3.58. The topological polar surface area (TPSA) is 63.2 Å². The summed E-state index contributed by atoms with van der Waals surface area (Å²) in [6, 6.07) is 9.46. The Morgan fingerprint density at radius 3 is 2.72 bits per heavy atom. The van der Waals surface area contributed by atoms with E-state index in [2.05, 4.69) is 64.5 Å². The minimum Gasteiger partial charge on any atom is -0.492 e. The maximum atomic E-state index is 11.7. The molecule has 0 saturated carbocycles. The highest BCUT2D eigenvalue weighted by molar-refractivity contribution is 9.10. The zero-order chi connectivity index (χ0) is 18.3. The molecule has 0 aliphatic heterocycles. The van der Waals surface area contributed by atoms with Crippen LogP contribution >= 0.6 is 15.9 Å². The van der Waals surface area contributed by atoms with Crippen LogP contribution in [0.3, 0.4) is 0 Å². The molecule has 0 radical (unpaired) electrons. The molecule has 2 rings (SSSR count). The van der Waals surface area contributed by atoms with Gasteiger partial charge in [0.1, 0.15) is 5.75 Å². The van der Waals surface area contributed by atoms with Gasteiger partial charge in [-0.25, -0.2) is 4.79 Å². The summed E-state index contributed by atoms with van der Waals surface area (Å²) in [5.41, 5.74) is 2.02. The molecule has 2 N–H and O–H groups in total. The fourth-order valence-electron chi connectivity index (χ4n) is 2.15. The largest absolute Gasteiger partial charge is 0.492 e. The van der Waals surface area contributed by atoms with Crippen LogP contribution in [0.1, 0.15) is 32.8 Å². The van der Waals surface area contributed by atoms with Crippen molar-refractivity contribution in [2.75, 3.05) is 18.5 Å². The summed E-state index contributed by atoms with van der Waals surface area (Å²) in [5, 5.41) is 5.51. The van der Waals surface area contributed by atoms with Crippen molar-refractivity contribution in [2.45, 2.75) is 32.6 Å². The van der Waals surface area contributed by atoms with Crippen molar-refractivity contribution in [3.05, 3.63) is 52.8 Å². The second kappa shape index (κ2) is 8.85. The number of nitrogens with one attached hydrogen (secondary N) is 2. The van der Waals surface area contributed by atoms with Gasteiger partial charge in [0.05, 0.1) is 23.0 Å². The zero-order valence-electron chi connectivity index (χ0n) is 14.8. The van der Waals surface area contributed by atoms with E-state index in [0.29, 0.717) is 25.3 Å². The van der Waals surface area contributed by atoms with Crippen molar-refractivity contribution in [2.24, 2.45) is 0 Å². The average Bonchev–Trinajstić information content (AvgIpc) is 2.55. The first-order chi connectivity index (χ1) is 11.9. The highest BCUT2D eigenvalue weighted by Crippen LogP contribution is 2.31. The molecule has 2 amide bonds. The molecule has 0 fully saturated rings. The molecule has 0 atom stereocenters. The lowest BCUT2D eigenvalue weighted by atomic mass is 9.87. The molecule has 2 aromatic rings. The van der Waals surface area contributed by atoms with E-state index in [0.717, 1.165) is 10.2 Å². The number of aromatic nitrogens is 1. The highest BCUT2D eigenvalue weighted by atomic mass is 79.9. The molecule has 1 aromatic carbocycles. The van der Waals surface area contributed by atoms with Crippen molar-refractivity contribution in [3.8, 4) is 5.75 Å². The fraction of sp³-hybridized carbons (Fsp3) is 0.368. The molecular formula is C19H24BrN3O2. The van der Waals surface area contributed by atoms with Gasteiger partial charge in [-0.2, -0.15) is 0 Å². The lowest BCUT2D eigenvalue weighted by Gasteiger charge is -2.20. The van der Waals surface area contributed by atoms with Crippen LogP contribution < -0.4 is 15.4 Å². The normalized spacial score (nSPS) is 11.0. The van der Waals surface area contributed by atoms with Gasteiger partial charge >= 0.3 is 6.03 Å². The Hall–Kier alpha value is -2.08. The van der Waals surface area contributed by atoms with Gasteiger partial charge in [-0.1, -0.05) is 26.8 Å². The van der Waals surface area contributed by atoms with Gasteiger partial charge in [0, 0.05) is 12.7 Å². The van der Waals surface area contributed by atoms with Crippen molar-refractivity contribution >= 4 is 27.6 Å². The molecule has 1 aromatic heterocycles. The van der Waals surface area contributed by atoms with Gasteiger partial charge in [-0.05, 0) is 57.6 Å². The summed E-state index contributed by atoms with van der Waals surface area (Å²) < 4.78 is 6.72. The van der Waals surface area contributed by atoms with Crippen LogP contribution in [0, 0.1) is 0 Å². The lowest BCUT2D eigenvalue weighted by molar-refractivity contribution is 0.250. The molecule has 0 unspecified atom stereocenters. The van der Waals surface area contributed by atoms with E-state index in [-0.39, 0.29) is 11.4 Å². The Kier molecular flexibility index (Phi) is 6.82. The second-order valence-electron chi connectivity index (χ2n) is 6.72. The summed E-state index contributed by atoms with van der Waals surface area (Å²) in [7, 11) is 0. The minimum atomic E-state index is -0.247. The van der Waals surface area contributed by atoms with E-state index in [1.54, 1.807) is 24.5 Å². The fourth-order valence-corrected chi connectivity index (χ4v) is 2.65. The van der Waals surface area contributed by atoms with Crippen molar-refractivity contribution < 1.29 is 9.53 Å². The Labute approximate surface area is 157 Å². The van der Waals surface area contributed by atoms with Gasteiger partial charge in [-0.15, -0.1) is 0 Å². The van der Waals surface area contributed by atoms with Crippen LogP contribution in [0.25, 0.3) is 0 Å². The number of hydrogen-bond acceptors (Lipinski definition) is 3. The van der Waals surface area contributed by atoms with E-state index < -0.39 is 0 Å². The molecule has 25 heavy (non-hydrogen) atoms. The molecule has 0 aliphatic rings. The summed E-state index contributed by atoms with van der Waals surface area (Å²) in [4.78, 5) is 15.7. The summed E-state index contributed by atoms with van der Waals surface area (Å²) in [6.45, 7) is 7.59. The van der Waals surface area contributed by atoms with E-state index in [9.17, 15) is 4.79 Å². The summed E-state index contributed by atoms with van der Waals surface area (Å²) in [5.74, 6) is 0.813. The van der Waals surface area contributed by atoms with Gasteiger partial charge in [0.15, 0.2) is 0 Å². The van der Waals surface area contributed by atoms with Gasteiger partial charge < -0.3 is 15.4 Å². The Balaban J connectivity index is 1.70. The first kappa shape index (κ1) is 19.2. The van der Waals surface area contributed by atoms with E-state index in [1.165, 1.54) is 5.56 Å². The van der Waals surface area contributed by atoms with Gasteiger partial charge in [-0.3, -0.25) is 4.98 Å². The molecule has 0 saturated heterocycles. The van der Waals surface area contributed by atoms with Crippen LogP contribution in [0.4, 0.5) is 10.5 Å². The van der Waals surface area contributed by atoms with Gasteiger partial charge in [0.25, 0.3) is 0 Å². The number of hydrogen-bond donors (Lipinski definition) is 2. The number of carbonyl (C=O) groups is 1. The maximum Gasteiger partial charge on any atom is 0.319 e. The van der Waals surface area contributed by atoms with Crippen LogP contribution in [0.2, 0.25) is 0 Å². The number of rotatable bonds is 6. The monoisotopic (exact) mass is 405 g/mol. The smallest absolute Gasteiger partial charge is 0.319 e. The maximum absolute atomic E-state index is 11.7. The third-order valence-corrected chi connectivity index (χ3v) is 4.20. The number of pyridine rings is 1. The Morgan fingerprint density at radius 2 is 2.08 bits per heavy atom. The lowest BCUT2D eigenvalue weighted by Crippen LogP contribution is -2.30. The van der Waals surface area contributed by atoms with Crippen molar-refractivity contribution in [3.63, 3.8) is 0 Å². The highest BCUT2D eigenvalue weighted by Gasteiger charge is 2.15. The quantitative estimate of drug-likeness (QED) is 0.682. The SMILES string of the molecule is CC(C)(C)c1ccc(OCCCNC(=O)Nc2cccnc2)c(Br)c1. The predicted molar refractivity (Wildman–Crippen MR) is 104 cm³/mol. The van der Waals surface area contributed by atoms with Crippen LogP contribution in [-0.4, -0.2) is 24.2 Å². The number of anilines is 1. The van der Waals surface area contributed by atoms with Crippen molar-refractivity contribution in [1.82, 2.24) is 10.3 Å². The first-order valence-corrected chi connectivity index (χ1v) is 9.03. The minimum absolute atomic E-state index is 0.104. The van der Waals surface area contributed by atoms with E-state index in [1.807, 2.05) is 6.07 Å². The average molecular weight is 406 g/mol. The second-order valence-corrected chi connectivity index (χ2v) is 7.57. The number of urea groups is 1. The summed E-state index contributed by atoms with van der Waals surface area (Å²) in [6.07, 6.45) is 3.97. The number of amides is 2. The molecule has 0 bridgehead atoms. The third kappa shape index (κ3) is 6.38. The molecule has 134 valence electrons. The van der Waals surface area contributed by atoms with Crippen LogP contribution in [-0.2, 0) is 5.41 Å². The van der Waals surface area contributed by atoms with Crippen LogP contribution in [0.15, 0.2) is 47.2 Å². The van der Waals surface area contributed by atoms with Crippen molar-refractivity contribution in [1.29, 1.82) is 0 Å². The van der Waals surface area contributed by atoms with Crippen LogP contribution in [0.5, 0.6) is 5.75 Å². The molecule has 0 aliphatic carbocycles. The molecule has 5 nitrogen and oxygen atoms in total.